The predicted octanol–water partition coefficient (Wildman–Crippen LogP) is 11.4. The van der Waals surface area contributed by atoms with E-state index in [-0.39, 0.29) is 5.41 Å². The van der Waals surface area contributed by atoms with Crippen LogP contribution in [-0.2, 0) is 12.0 Å². The molecule has 4 heteroatoms. The third kappa shape index (κ3) is 6.14. The quantitative estimate of drug-likeness (QED) is 0.128. The highest BCUT2D eigenvalue weighted by Crippen LogP contribution is 2.50. The lowest BCUT2D eigenvalue weighted by atomic mass is 9.81. The van der Waals surface area contributed by atoms with Gasteiger partial charge in [0, 0.05) is 16.5 Å². The standard InChI is InChI=1S/C48H36N4/c1-48(2)44-26-33(30-49)14-24-42(44)43-25-23-41(29-45(43)48)40-22-21-38-27-37(19-20-39(38)28-40)34-15-17-36(18-16-34)46(50-3)52-47(35-12-8-5-9-13-35)51-31-32-10-6-4-7-11-32/h4-29H,3,31H2,1-2H3/b51-47-,52-46-. The Balaban J connectivity index is 1.05. The first-order valence-corrected chi connectivity index (χ1v) is 17.4. The van der Waals surface area contributed by atoms with E-state index in [1.807, 2.05) is 72.8 Å². The summed E-state index contributed by atoms with van der Waals surface area (Å²) in [5.74, 6) is 1.15. The SMILES string of the molecule is C=N/C(=N\C(=N/Cc1ccccc1)c1ccccc1)c1ccc(-c2ccc3cc(-c4ccc5c(c4)C(C)(C)c4cc(C#N)ccc4-5)ccc3c2)cc1. The molecule has 0 amide bonds. The van der Waals surface area contributed by atoms with Crippen molar-refractivity contribution in [2.75, 3.05) is 0 Å². The van der Waals surface area contributed by atoms with Gasteiger partial charge in [0.2, 0.25) is 0 Å². The van der Waals surface area contributed by atoms with Crippen molar-refractivity contribution in [2.24, 2.45) is 15.0 Å². The molecule has 1 aliphatic carbocycles. The maximum atomic E-state index is 9.50. The molecule has 52 heavy (non-hydrogen) atoms. The lowest BCUT2D eigenvalue weighted by Gasteiger charge is -2.22. The van der Waals surface area contributed by atoms with E-state index in [2.05, 4.69) is 117 Å². The van der Waals surface area contributed by atoms with Crippen LogP contribution in [0.4, 0.5) is 0 Å². The average molecular weight is 669 g/mol. The molecule has 0 bridgehead atoms. The zero-order chi connectivity index (χ0) is 35.7. The van der Waals surface area contributed by atoms with Gasteiger partial charge in [-0.05, 0) is 97.9 Å². The third-order valence-corrected chi connectivity index (χ3v) is 10.1. The molecule has 4 nitrogen and oxygen atoms in total. The van der Waals surface area contributed by atoms with Crippen molar-refractivity contribution in [1.29, 1.82) is 5.26 Å². The van der Waals surface area contributed by atoms with Gasteiger partial charge in [-0.2, -0.15) is 5.26 Å². The summed E-state index contributed by atoms with van der Waals surface area (Å²) in [7, 11) is 0. The van der Waals surface area contributed by atoms with Crippen LogP contribution >= 0.6 is 0 Å². The molecule has 0 saturated carbocycles. The molecule has 8 rings (SSSR count). The summed E-state index contributed by atoms with van der Waals surface area (Å²) in [6, 6.07) is 56.9. The van der Waals surface area contributed by atoms with Gasteiger partial charge in [-0.3, -0.25) is 4.99 Å². The molecular formula is C48H36N4. The number of hydrogen-bond donors (Lipinski definition) is 0. The highest BCUT2D eigenvalue weighted by atomic mass is 15.0. The van der Waals surface area contributed by atoms with Crippen LogP contribution in [0.3, 0.4) is 0 Å². The first-order chi connectivity index (χ1) is 25.4. The minimum Gasteiger partial charge on any atom is -0.261 e. The lowest BCUT2D eigenvalue weighted by Crippen LogP contribution is -2.15. The van der Waals surface area contributed by atoms with Gasteiger partial charge in [-0.1, -0.05) is 141 Å². The number of nitrogens with zero attached hydrogens (tertiary/aromatic N) is 4. The molecule has 7 aromatic rings. The maximum Gasteiger partial charge on any atom is 0.161 e. The molecule has 0 heterocycles. The van der Waals surface area contributed by atoms with Crippen LogP contribution in [0.25, 0.3) is 44.2 Å². The average Bonchev–Trinajstić information content (AvgIpc) is 3.43. The van der Waals surface area contributed by atoms with Gasteiger partial charge in [-0.15, -0.1) is 0 Å². The number of rotatable bonds is 6. The first-order valence-electron chi connectivity index (χ1n) is 17.4. The van der Waals surface area contributed by atoms with E-state index in [1.165, 1.54) is 44.2 Å². The third-order valence-electron chi connectivity index (χ3n) is 10.1. The molecule has 1 aliphatic rings. The largest absolute Gasteiger partial charge is 0.261 e. The number of hydrogen-bond acceptors (Lipinski definition) is 2. The van der Waals surface area contributed by atoms with Gasteiger partial charge in [0.25, 0.3) is 0 Å². The smallest absolute Gasteiger partial charge is 0.161 e. The van der Waals surface area contributed by atoms with Crippen molar-refractivity contribution in [1.82, 2.24) is 0 Å². The molecule has 0 N–H and O–H groups in total. The minimum atomic E-state index is -0.177. The summed E-state index contributed by atoms with van der Waals surface area (Å²) in [5, 5.41) is 11.9. The highest BCUT2D eigenvalue weighted by Gasteiger charge is 2.35. The molecule has 0 spiro atoms. The van der Waals surface area contributed by atoms with Crippen LogP contribution in [-0.4, -0.2) is 18.4 Å². The fraction of sp³-hybridized carbons (Fsp3) is 0.0833. The van der Waals surface area contributed by atoms with Gasteiger partial charge in [0.15, 0.2) is 11.7 Å². The van der Waals surface area contributed by atoms with E-state index in [1.54, 1.807) is 0 Å². The summed E-state index contributed by atoms with van der Waals surface area (Å²) in [4.78, 5) is 14.1. The Morgan fingerprint density at radius 2 is 1.12 bits per heavy atom. The van der Waals surface area contributed by atoms with Gasteiger partial charge in [0.05, 0.1) is 18.2 Å². The Hall–Kier alpha value is -6.70. The van der Waals surface area contributed by atoms with Crippen LogP contribution < -0.4 is 0 Å². The summed E-state index contributed by atoms with van der Waals surface area (Å²) in [6.07, 6.45) is 0. The number of fused-ring (bicyclic) bond motifs is 4. The maximum absolute atomic E-state index is 9.50. The normalized spacial score (nSPS) is 13.3. The Bertz CT molecular complexity index is 2570. The Morgan fingerprint density at radius 1 is 0.577 bits per heavy atom. The second-order valence-corrected chi connectivity index (χ2v) is 13.7. The molecule has 0 unspecified atom stereocenters. The Kier molecular flexibility index (Phi) is 8.47. The Morgan fingerprint density at radius 3 is 1.77 bits per heavy atom. The molecule has 0 radical (unpaired) electrons. The van der Waals surface area contributed by atoms with Gasteiger partial charge < -0.3 is 0 Å². The molecule has 0 saturated heterocycles. The van der Waals surface area contributed by atoms with E-state index in [4.69, 9.17) is 9.98 Å². The number of nitriles is 1. The van der Waals surface area contributed by atoms with Gasteiger partial charge in [0.1, 0.15) is 0 Å². The fourth-order valence-electron chi connectivity index (χ4n) is 7.22. The predicted molar refractivity (Wildman–Crippen MR) is 216 cm³/mol. The second kappa shape index (κ2) is 13.5. The van der Waals surface area contributed by atoms with Crippen molar-refractivity contribution in [3.8, 4) is 39.4 Å². The van der Waals surface area contributed by atoms with Crippen molar-refractivity contribution in [2.45, 2.75) is 25.8 Å². The zero-order valence-electron chi connectivity index (χ0n) is 29.2. The molecule has 0 aromatic heterocycles. The van der Waals surface area contributed by atoms with Gasteiger partial charge in [-0.25, -0.2) is 9.98 Å². The number of amidine groups is 2. The van der Waals surface area contributed by atoms with Crippen molar-refractivity contribution >= 4 is 29.2 Å². The van der Waals surface area contributed by atoms with Crippen molar-refractivity contribution < 1.29 is 0 Å². The molecular weight excluding hydrogens is 633 g/mol. The molecule has 7 aromatic carbocycles. The summed E-state index contributed by atoms with van der Waals surface area (Å²) >= 11 is 0. The van der Waals surface area contributed by atoms with Crippen LogP contribution in [0.1, 0.15) is 47.2 Å². The van der Waals surface area contributed by atoms with E-state index in [9.17, 15) is 5.26 Å². The van der Waals surface area contributed by atoms with Crippen molar-refractivity contribution in [3.63, 3.8) is 0 Å². The van der Waals surface area contributed by atoms with Crippen LogP contribution in [0.15, 0.2) is 173 Å². The number of aliphatic imine (C=N–C) groups is 3. The van der Waals surface area contributed by atoms with Crippen LogP contribution in [0.5, 0.6) is 0 Å². The van der Waals surface area contributed by atoms with E-state index < -0.39 is 0 Å². The molecule has 248 valence electrons. The lowest BCUT2D eigenvalue weighted by molar-refractivity contribution is 0.660. The molecule has 0 fully saturated rings. The van der Waals surface area contributed by atoms with Gasteiger partial charge >= 0.3 is 0 Å². The first kappa shape index (κ1) is 32.5. The van der Waals surface area contributed by atoms with Crippen LogP contribution in [0, 0.1) is 11.3 Å². The van der Waals surface area contributed by atoms with Crippen molar-refractivity contribution in [3.05, 3.63) is 191 Å². The highest BCUT2D eigenvalue weighted by molar-refractivity contribution is 6.12. The van der Waals surface area contributed by atoms with E-state index in [0.717, 1.165) is 27.8 Å². The van der Waals surface area contributed by atoms with E-state index in [0.29, 0.717) is 23.8 Å². The van der Waals surface area contributed by atoms with Crippen LogP contribution in [0.2, 0.25) is 0 Å². The summed E-state index contributed by atoms with van der Waals surface area (Å²) < 4.78 is 0. The second-order valence-electron chi connectivity index (χ2n) is 13.7. The Labute approximate surface area is 304 Å². The summed E-state index contributed by atoms with van der Waals surface area (Å²) in [5.41, 5.74) is 13.0. The monoisotopic (exact) mass is 668 g/mol. The molecule has 0 aliphatic heterocycles. The minimum absolute atomic E-state index is 0.177. The zero-order valence-corrected chi connectivity index (χ0v) is 29.2. The molecule has 0 atom stereocenters. The van der Waals surface area contributed by atoms with E-state index >= 15 is 0 Å². The summed E-state index contributed by atoms with van der Waals surface area (Å²) in [6.45, 7) is 8.86. The fourth-order valence-corrected chi connectivity index (χ4v) is 7.22. The number of benzene rings is 7. The topological polar surface area (TPSA) is 60.9 Å².